The summed E-state index contributed by atoms with van der Waals surface area (Å²) in [6.45, 7) is 7.73. The van der Waals surface area contributed by atoms with Crippen LogP contribution in [0.25, 0.3) is 22.3 Å². The van der Waals surface area contributed by atoms with Gasteiger partial charge in [0.25, 0.3) is 0 Å². The highest BCUT2D eigenvalue weighted by Crippen LogP contribution is 2.30. The van der Waals surface area contributed by atoms with Crippen LogP contribution in [0.5, 0.6) is 0 Å². The SMILES string of the molecule is CCCCc1nc2c(F)cc(-c3nc(Nc4ccc(CN5C6CCC5CNC6)cn4)ncc3F)cc2n1CC. The van der Waals surface area contributed by atoms with Crippen LogP contribution < -0.4 is 10.6 Å². The molecule has 2 bridgehead atoms. The molecule has 2 saturated heterocycles. The highest BCUT2D eigenvalue weighted by Gasteiger charge is 2.36. The number of unbranched alkanes of at least 4 members (excludes halogenated alkanes) is 1. The van der Waals surface area contributed by atoms with Crippen molar-refractivity contribution < 1.29 is 8.78 Å². The van der Waals surface area contributed by atoms with Gasteiger partial charge in [0.15, 0.2) is 11.6 Å². The van der Waals surface area contributed by atoms with Crippen molar-refractivity contribution in [2.24, 2.45) is 0 Å². The molecule has 3 aromatic heterocycles. The second kappa shape index (κ2) is 10.9. The van der Waals surface area contributed by atoms with Crippen molar-refractivity contribution in [2.45, 2.75) is 71.1 Å². The lowest BCUT2D eigenvalue weighted by atomic mass is 10.1. The van der Waals surface area contributed by atoms with Gasteiger partial charge in [-0.2, -0.15) is 0 Å². The van der Waals surface area contributed by atoms with Crippen LogP contribution >= 0.6 is 0 Å². The third-order valence-corrected chi connectivity index (χ3v) is 7.94. The van der Waals surface area contributed by atoms with Gasteiger partial charge in [-0.1, -0.05) is 19.4 Å². The molecule has 204 valence electrons. The number of benzene rings is 1. The lowest BCUT2D eigenvalue weighted by Gasteiger charge is -2.35. The molecule has 4 aromatic rings. The Morgan fingerprint density at radius 2 is 1.82 bits per heavy atom. The number of aryl methyl sites for hydroxylation is 2. The molecule has 5 heterocycles. The fourth-order valence-electron chi connectivity index (χ4n) is 5.92. The van der Waals surface area contributed by atoms with E-state index in [1.165, 1.54) is 18.9 Å². The molecule has 0 amide bonds. The quantitative estimate of drug-likeness (QED) is 0.306. The molecule has 0 spiro atoms. The van der Waals surface area contributed by atoms with Crippen molar-refractivity contribution in [1.82, 2.24) is 34.7 Å². The van der Waals surface area contributed by atoms with E-state index in [9.17, 15) is 4.39 Å². The zero-order valence-corrected chi connectivity index (χ0v) is 22.4. The Hall–Kier alpha value is -3.50. The molecule has 0 saturated carbocycles. The molecule has 0 aliphatic carbocycles. The Kier molecular flexibility index (Phi) is 7.22. The van der Waals surface area contributed by atoms with Crippen LogP contribution in [0.15, 0.2) is 36.7 Å². The van der Waals surface area contributed by atoms with Gasteiger partial charge in [0.1, 0.15) is 22.9 Å². The summed E-state index contributed by atoms with van der Waals surface area (Å²) in [5, 5.41) is 6.58. The second-order valence-corrected chi connectivity index (χ2v) is 10.5. The smallest absolute Gasteiger partial charge is 0.229 e. The number of rotatable bonds is 9. The Bertz CT molecular complexity index is 1450. The molecular weight excluding hydrogens is 498 g/mol. The van der Waals surface area contributed by atoms with Crippen LogP contribution in [0.3, 0.4) is 0 Å². The van der Waals surface area contributed by atoms with Crippen LogP contribution in [-0.2, 0) is 19.5 Å². The first-order valence-electron chi connectivity index (χ1n) is 13.9. The van der Waals surface area contributed by atoms with E-state index in [0.717, 1.165) is 56.5 Å². The molecule has 8 nitrogen and oxygen atoms in total. The standard InChI is InChI=1S/C29H34F2N8/c1-3-5-6-26-36-28-22(30)11-19(12-24(28)38(26)4-2)27-23(31)16-34-29(37-27)35-25-10-7-18(13-33-25)17-39-20-8-9-21(39)15-32-14-20/h7,10-13,16,20-21,32H,3-6,8-9,14-15,17H2,1-2H3,(H,33,34,35,37). The van der Waals surface area contributed by atoms with Gasteiger partial charge >= 0.3 is 0 Å². The number of nitrogens with one attached hydrogen (secondary N) is 2. The van der Waals surface area contributed by atoms with E-state index in [-0.39, 0.29) is 11.6 Å². The maximum atomic E-state index is 15.1. The number of aromatic nitrogens is 5. The number of nitrogens with zero attached hydrogens (tertiary/aromatic N) is 6. The Morgan fingerprint density at radius 3 is 2.54 bits per heavy atom. The predicted molar refractivity (Wildman–Crippen MR) is 148 cm³/mol. The molecule has 2 aliphatic rings. The van der Waals surface area contributed by atoms with Gasteiger partial charge in [0, 0.05) is 56.4 Å². The van der Waals surface area contributed by atoms with Gasteiger partial charge in [-0.05, 0) is 49.9 Å². The van der Waals surface area contributed by atoms with Gasteiger partial charge in [0.2, 0.25) is 5.95 Å². The Balaban J connectivity index is 1.23. The summed E-state index contributed by atoms with van der Waals surface area (Å²) in [5.74, 6) is 0.484. The molecule has 2 unspecified atom stereocenters. The summed E-state index contributed by atoms with van der Waals surface area (Å²) in [5.41, 5.74) is 2.46. The average Bonchev–Trinajstić information content (AvgIpc) is 3.40. The molecule has 6 rings (SSSR count). The number of hydrogen-bond donors (Lipinski definition) is 2. The molecule has 2 fully saturated rings. The average molecular weight is 533 g/mol. The van der Waals surface area contributed by atoms with Crippen molar-refractivity contribution in [1.29, 1.82) is 0 Å². The van der Waals surface area contributed by atoms with E-state index in [4.69, 9.17) is 0 Å². The van der Waals surface area contributed by atoms with Crippen LogP contribution in [0.1, 0.15) is 50.9 Å². The number of halogens is 2. The normalized spacial score (nSPS) is 19.2. The first-order valence-corrected chi connectivity index (χ1v) is 13.9. The minimum Gasteiger partial charge on any atom is -0.328 e. The van der Waals surface area contributed by atoms with Gasteiger partial charge in [-0.3, -0.25) is 4.90 Å². The maximum Gasteiger partial charge on any atom is 0.229 e. The molecule has 10 heteroatoms. The lowest BCUT2D eigenvalue weighted by Crippen LogP contribution is -2.51. The maximum absolute atomic E-state index is 15.1. The van der Waals surface area contributed by atoms with E-state index >= 15 is 4.39 Å². The van der Waals surface area contributed by atoms with Crippen molar-refractivity contribution in [3.8, 4) is 11.3 Å². The minimum absolute atomic E-state index is 0.0260. The Labute approximate surface area is 226 Å². The third kappa shape index (κ3) is 5.10. The largest absolute Gasteiger partial charge is 0.328 e. The molecular formula is C29H34F2N8. The van der Waals surface area contributed by atoms with Crippen LogP contribution in [0, 0.1) is 11.6 Å². The monoisotopic (exact) mass is 532 g/mol. The number of hydrogen-bond acceptors (Lipinski definition) is 7. The second-order valence-electron chi connectivity index (χ2n) is 10.5. The molecule has 1 aromatic carbocycles. The van der Waals surface area contributed by atoms with Gasteiger partial charge in [-0.25, -0.2) is 28.7 Å². The molecule has 2 aliphatic heterocycles. The summed E-state index contributed by atoms with van der Waals surface area (Å²) in [6.07, 6.45) is 8.21. The minimum atomic E-state index is -0.623. The van der Waals surface area contributed by atoms with Crippen molar-refractivity contribution in [2.75, 3.05) is 18.4 Å². The van der Waals surface area contributed by atoms with Crippen molar-refractivity contribution in [3.05, 3.63) is 59.7 Å². The number of piperazine rings is 1. The van der Waals surface area contributed by atoms with E-state index in [0.29, 0.717) is 41.0 Å². The van der Waals surface area contributed by atoms with Gasteiger partial charge in [-0.15, -0.1) is 0 Å². The summed E-state index contributed by atoms with van der Waals surface area (Å²) >= 11 is 0. The van der Waals surface area contributed by atoms with E-state index < -0.39 is 11.6 Å². The van der Waals surface area contributed by atoms with E-state index in [2.05, 4.69) is 42.4 Å². The predicted octanol–water partition coefficient (Wildman–Crippen LogP) is 5.21. The number of pyridine rings is 1. The number of fused-ring (bicyclic) bond motifs is 3. The van der Waals surface area contributed by atoms with Crippen molar-refractivity contribution >= 4 is 22.8 Å². The summed E-state index contributed by atoms with van der Waals surface area (Å²) in [6, 6.07) is 8.17. The van der Waals surface area contributed by atoms with Crippen molar-refractivity contribution in [3.63, 3.8) is 0 Å². The number of imidazole rings is 1. The zero-order chi connectivity index (χ0) is 26.9. The summed E-state index contributed by atoms with van der Waals surface area (Å²) < 4.78 is 32.0. The molecule has 2 N–H and O–H groups in total. The highest BCUT2D eigenvalue weighted by molar-refractivity contribution is 5.83. The van der Waals surface area contributed by atoms with Gasteiger partial charge < -0.3 is 15.2 Å². The highest BCUT2D eigenvalue weighted by atomic mass is 19.1. The molecule has 0 radical (unpaired) electrons. The molecule has 39 heavy (non-hydrogen) atoms. The Morgan fingerprint density at radius 1 is 1.00 bits per heavy atom. The van der Waals surface area contributed by atoms with Crippen LogP contribution in [0.2, 0.25) is 0 Å². The van der Waals surface area contributed by atoms with E-state index in [1.807, 2.05) is 29.8 Å². The topological polar surface area (TPSA) is 83.8 Å². The third-order valence-electron chi connectivity index (χ3n) is 7.94. The first kappa shape index (κ1) is 25.8. The lowest BCUT2D eigenvalue weighted by molar-refractivity contribution is 0.145. The molecule has 2 atom stereocenters. The van der Waals surface area contributed by atoms with Crippen LogP contribution in [0.4, 0.5) is 20.5 Å². The summed E-state index contributed by atoms with van der Waals surface area (Å²) in [7, 11) is 0. The fourth-order valence-corrected chi connectivity index (χ4v) is 5.92. The van der Waals surface area contributed by atoms with Crippen LogP contribution in [-0.4, -0.2) is 54.6 Å². The van der Waals surface area contributed by atoms with E-state index in [1.54, 1.807) is 6.07 Å². The number of anilines is 2. The zero-order valence-electron chi connectivity index (χ0n) is 22.4. The first-order chi connectivity index (χ1) is 19.0. The summed E-state index contributed by atoms with van der Waals surface area (Å²) in [4.78, 5) is 20.1. The fraction of sp³-hybridized carbons (Fsp3) is 0.448. The van der Waals surface area contributed by atoms with Gasteiger partial charge in [0.05, 0.1) is 11.7 Å².